The van der Waals surface area contributed by atoms with E-state index in [0.717, 1.165) is 16.9 Å². The minimum absolute atomic E-state index is 0.0484. The highest BCUT2D eigenvalue weighted by Gasteiger charge is 2.15. The monoisotopic (exact) mass is 362 g/mol. The fraction of sp³-hybridized carbons (Fsp3) is 0.353. The molecule has 1 aromatic heterocycles. The molecule has 0 radical (unpaired) electrons. The highest BCUT2D eigenvalue weighted by atomic mass is 32.1. The van der Waals surface area contributed by atoms with E-state index < -0.39 is 0 Å². The van der Waals surface area contributed by atoms with Gasteiger partial charge in [-0.3, -0.25) is 4.79 Å². The third kappa shape index (κ3) is 4.93. The molecule has 2 aromatic rings. The number of carbonyl (C=O) groups excluding carboxylic acids is 1. The first-order valence-electron chi connectivity index (χ1n) is 7.87. The Morgan fingerprint density at radius 3 is 2.84 bits per heavy atom. The van der Waals surface area contributed by atoms with Gasteiger partial charge in [0.15, 0.2) is 16.6 Å². The van der Waals surface area contributed by atoms with Crippen LogP contribution >= 0.6 is 11.3 Å². The number of amides is 1. The predicted octanol–water partition coefficient (Wildman–Crippen LogP) is 2.85. The Hall–Kier alpha value is -2.61. The lowest BCUT2D eigenvalue weighted by atomic mass is 10.2. The Morgan fingerprint density at radius 1 is 1.44 bits per heavy atom. The second kappa shape index (κ2) is 8.48. The Labute approximate surface area is 150 Å². The number of ether oxygens (including phenoxy) is 2. The van der Waals surface area contributed by atoms with Crippen molar-refractivity contribution in [1.29, 1.82) is 0 Å². The molecular weight excluding hydrogens is 340 g/mol. The number of benzene rings is 1. The average molecular weight is 362 g/mol. The molecule has 25 heavy (non-hydrogen) atoms. The summed E-state index contributed by atoms with van der Waals surface area (Å²) in [7, 11) is 1.58. The summed E-state index contributed by atoms with van der Waals surface area (Å²) in [5.74, 6) is 0.938. The quantitative estimate of drug-likeness (QED) is 0.583. The van der Waals surface area contributed by atoms with E-state index in [1.165, 1.54) is 6.21 Å². The molecule has 2 rings (SSSR count). The van der Waals surface area contributed by atoms with Crippen molar-refractivity contribution in [3.63, 3.8) is 0 Å². The third-order valence-electron chi connectivity index (χ3n) is 3.19. The number of nitrogens with one attached hydrogen (secondary N) is 1. The minimum atomic E-state index is -0.325. The van der Waals surface area contributed by atoms with E-state index >= 15 is 0 Å². The van der Waals surface area contributed by atoms with Gasteiger partial charge >= 0.3 is 0 Å². The van der Waals surface area contributed by atoms with Gasteiger partial charge < -0.3 is 15.2 Å². The number of hydrogen-bond donors (Lipinski definition) is 2. The maximum Gasteiger partial charge on any atom is 0.283 e. The Bertz CT molecular complexity index is 771. The summed E-state index contributed by atoms with van der Waals surface area (Å²) in [5, 5.41) is 4.36. The highest BCUT2D eigenvalue weighted by molar-refractivity contribution is 7.17. The number of hydrazone groups is 1. The fourth-order valence-corrected chi connectivity index (χ4v) is 2.93. The molecule has 134 valence electrons. The summed E-state index contributed by atoms with van der Waals surface area (Å²) >= 11 is 1.15. The lowest BCUT2D eigenvalue weighted by Gasteiger charge is -2.13. The number of methoxy groups -OCH3 is 1. The molecule has 1 aromatic carbocycles. The van der Waals surface area contributed by atoms with E-state index in [1.807, 2.05) is 26.8 Å². The molecule has 0 bridgehead atoms. The van der Waals surface area contributed by atoms with E-state index in [9.17, 15) is 4.79 Å². The summed E-state index contributed by atoms with van der Waals surface area (Å²) in [5.41, 5.74) is 9.59. The predicted molar refractivity (Wildman–Crippen MR) is 99.7 cm³/mol. The lowest BCUT2D eigenvalue weighted by molar-refractivity contribution is 0.0958. The van der Waals surface area contributed by atoms with Crippen molar-refractivity contribution >= 4 is 28.6 Å². The van der Waals surface area contributed by atoms with Crippen molar-refractivity contribution < 1.29 is 14.3 Å². The zero-order valence-corrected chi connectivity index (χ0v) is 15.5. The number of thiazole rings is 1. The SMILES string of the molecule is CCc1nc(N)sc1C(=O)NN=Cc1ccc(OC(C)C)c(OC)c1. The van der Waals surface area contributed by atoms with E-state index in [-0.39, 0.29) is 12.0 Å². The number of nitrogens with two attached hydrogens (primary N) is 1. The van der Waals surface area contributed by atoms with Crippen LogP contribution in [-0.4, -0.2) is 30.3 Å². The number of nitrogens with zero attached hydrogens (tertiary/aromatic N) is 2. The maximum absolute atomic E-state index is 12.2. The van der Waals surface area contributed by atoms with Crippen LogP contribution in [0.25, 0.3) is 0 Å². The largest absolute Gasteiger partial charge is 0.493 e. The fourth-order valence-electron chi connectivity index (χ4n) is 2.12. The molecule has 0 aliphatic rings. The number of aryl methyl sites for hydroxylation is 1. The first-order valence-corrected chi connectivity index (χ1v) is 8.69. The van der Waals surface area contributed by atoms with Gasteiger partial charge in [0.05, 0.1) is 25.1 Å². The first-order chi connectivity index (χ1) is 11.9. The molecule has 0 spiro atoms. The molecular formula is C17H22N4O3S. The van der Waals surface area contributed by atoms with E-state index in [4.69, 9.17) is 15.2 Å². The highest BCUT2D eigenvalue weighted by Crippen LogP contribution is 2.28. The van der Waals surface area contributed by atoms with Crippen LogP contribution in [0.15, 0.2) is 23.3 Å². The normalized spacial score (nSPS) is 11.1. The number of rotatable bonds is 7. The smallest absolute Gasteiger partial charge is 0.283 e. The first kappa shape index (κ1) is 18.7. The molecule has 0 aliphatic carbocycles. The van der Waals surface area contributed by atoms with Crippen molar-refractivity contribution in [2.45, 2.75) is 33.3 Å². The van der Waals surface area contributed by atoms with Gasteiger partial charge in [0.2, 0.25) is 0 Å². The molecule has 1 heterocycles. The Morgan fingerprint density at radius 2 is 2.20 bits per heavy atom. The van der Waals surface area contributed by atoms with Crippen LogP contribution < -0.4 is 20.6 Å². The van der Waals surface area contributed by atoms with Gasteiger partial charge in [0.1, 0.15) is 4.88 Å². The molecule has 1 amide bonds. The number of nitrogen functional groups attached to an aromatic ring is 1. The topological polar surface area (TPSA) is 98.8 Å². The van der Waals surface area contributed by atoms with Crippen LogP contribution in [0.5, 0.6) is 11.5 Å². The Balaban J connectivity index is 2.07. The van der Waals surface area contributed by atoms with Gasteiger partial charge in [0.25, 0.3) is 5.91 Å². The van der Waals surface area contributed by atoms with E-state index in [0.29, 0.717) is 33.6 Å². The van der Waals surface area contributed by atoms with Gasteiger partial charge in [-0.15, -0.1) is 0 Å². The molecule has 0 fully saturated rings. The molecule has 3 N–H and O–H groups in total. The standard InChI is InChI=1S/C17H22N4O3S/c1-5-12-15(25-17(18)20-12)16(22)21-19-9-11-6-7-13(24-10(2)3)14(8-11)23-4/h6-10H,5H2,1-4H3,(H2,18,20)(H,21,22). The van der Waals surface area contributed by atoms with Crippen LogP contribution in [-0.2, 0) is 6.42 Å². The van der Waals surface area contributed by atoms with Crippen LogP contribution in [0.4, 0.5) is 5.13 Å². The van der Waals surface area contributed by atoms with Crippen LogP contribution in [0.2, 0.25) is 0 Å². The molecule has 0 atom stereocenters. The van der Waals surface area contributed by atoms with Crippen molar-refractivity contribution in [3.8, 4) is 11.5 Å². The number of aromatic nitrogens is 1. The lowest BCUT2D eigenvalue weighted by Crippen LogP contribution is -2.17. The van der Waals surface area contributed by atoms with Crippen molar-refractivity contribution in [3.05, 3.63) is 34.3 Å². The van der Waals surface area contributed by atoms with Gasteiger partial charge in [-0.25, -0.2) is 10.4 Å². The second-order valence-electron chi connectivity index (χ2n) is 5.46. The van der Waals surface area contributed by atoms with Crippen molar-refractivity contribution in [1.82, 2.24) is 10.4 Å². The number of hydrogen-bond acceptors (Lipinski definition) is 7. The molecule has 8 heteroatoms. The minimum Gasteiger partial charge on any atom is -0.493 e. The summed E-state index contributed by atoms with van der Waals surface area (Å²) in [6, 6.07) is 5.43. The number of carbonyl (C=O) groups is 1. The van der Waals surface area contributed by atoms with Gasteiger partial charge in [0, 0.05) is 0 Å². The summed E-state index contributed by atoms with van der Waals surface area (Å²) < 4.78 is 11.0. The van der Waals surface area contributed by atoms with Gasteiger partial charge in [-0.1, -0.05) is 18.3 Å². The zero-order chi connectivity index (χ0) is 18.4. The van der Waals surface area contributed by atoms with Crippen LogP contribution in [0.3, 0.4) is 0 Å². The summed E-state index contributed by atoms with van der Waals surface area (Å²) in [6.07, 6.45) is 2.22. The molecule has 0 saturated carbocycles. The molecule has 0 saturated heterocycles. The zero-order valence-electron chi connectivity index (χ0n) is 14.7. The Kier molecular flexibility index (Phi) is 6.35. The van der Waals surface area contributed by atoms with Crippen LogP contribution in [0.1, 0.15) is 41.7 Å². The van der Waals surface area contributed by atoms with Crippen LogP contribution in [0, 0.1) is 0 Å². The van der Waals surface area contributed by atoms with Gasteiger partial charge in [-0.2, -0.15) is 5.10 Å². The van der Waals surface area contributed by atoms with Gasteiger partial charge in [-0.05, 0) is 44.0 Å². The molecule has 7 nitrogen and oxygen atoms in total. The van der Waals surface area contributed by atoms with E-state index in [2.05, 4.69) is 15.5 Å². The molecule has 0 unspecified atom stereocenters. The molecule has 0 aliphatic heterocycles. The second-order valence-corrected chi connectivity index (χ2v) is 6.49. The number of anilines is 1. The maximum atomic E-state index is 12.2. The van der Waals surface area contributed by atoms with E-state index in [1.54, 1.807) is 19.2 Å². The van der Waals surface area contributed by atoms with Crippen molar-refractivity contribution in [2.75, 3.05) is 12.8 Å². The third-order valence-corrected chi connectivity index (χ3v) is 4.11. The average Bonchev–Trinajstić information content (AvgIpc) is 2.96. The summed E-state index contributed by atoms with van der Waals surface area (Å²) in [4.78, 5) is 16.8. The van der Waals surface area contributed by atoms with Crippen molar-refractivity contribution in [2.24, 2.45) is 5.10 Å². The summed E-state index contributed by atoms with van der Waals surface area (Å²) in [6.45, 7) is 5.81.